The third-order valence-corrected chi connectivity index (χ3v) is 6.49. The molecule has 12 heteroatoms. The maximum atomic E-state index is 13.5. The number of pyridine rings is 1. The number of nitrogens with zero attached hydrogens (tertiary/aromatic N) is 1. The van der Waals surface area contributed by atoms with E-state index in [-0.39, 0.29) is 56.5 Å². The average Bonchev–Trinajstić information content (AvgIpc) is 2.77. The second kappa shape index (κ2) is 11.1. The Hall–Kier alpha value is -2.73. The van der Waals surface area contributed by atoms with Gasteiger partial charge in [-0.05, 0) is 50.2 Å². The van der Waals surface area contributed by atoms with Crippen molar-refractivity contribution in [2.75, 3.05) is 18.8 Å². The fourth-order valence-electron chi connectivity index (χ4n) is 3.71. The van der Waals surface area contributed by atoms with E-state index in [1.165, 1.54) is 36.9 Å². The molecule has 2 unspecified atom stereocenters. The molecule has 0 fully saturated rings. The van der Waals surface area contributed by atoms with Crippen molar-refractivity contribution in [2.24, 2.45) is 0 Å². The Kier molecular flexibility index (Phi) is 8.60. The maximum Gasteiger partial charge on any atom is 0.416 e. The number of alkyl halides is 3. The highest BCUT2D eigenvalue weighted by molar-refractivity contribution is 8.00. The summed E-state index contributed by atoms with van der Waals surface area (Å²) in [5.41, 5.74) is -1.51. The molecule has 0 radical (unpaired) electrons. The number of nitrogens with one attached hydrogen (secondary N) is 1. The van der Waals surface area contributed by atoms with E-state index in [1.54, 1.807) is 0 Å². The van der Waals surface area contributed by atoms with Crippen molar-refractivity contribution < 1.29 is 33.3 Å². The summed E-state index contributed by atoms with van der Waals surface area (Å²) in [5.74, 6) is -1.14. The van der Waals surface area contributed by atoms with Crippen LogP contribution in [0.3, 0.4) is 0 Å². The molecule has 3 aromatic rings. The lowest BCUT2D eigenvalue weighted by Crippen LogP contribution is -2.41. The summed E-state index contributed by atoms with van der Waals surface area (Å²) in [6.45, 7) is 2.83. The average molecular weight is 545 g/mol. The Bertz CT molecular complexity index is 1320. The normalized spacial score (nSPS) is 13.6. The highest BCUT2D eigenvalue weighted by Crippen LogP contribution is 2.42. The largest absolute Gasteiger partial charge is 0.507 e. The number of fused-ring (bicyclic) bond motifs is 1. The van der Waals surface area contributed by atoms with Crippen molar-refractivity contribution in [3.63, 3.8) is 0 Å². The molecule has 2 atom stereocenters. The molecule has 194 valence electrons. The Morgan fingerprint density at radius 2 is 1.75 bits per heavy atom. The minimum absolute atomic E-state index is 0.00163. The van der Waals surface area contributed by atoms with Crippen molar-refractivity contribution in [1.82, 2.24) is 9.88 Å². The number of carbonyl (C=O) groups excluding carboxylic acids is 1. The summed E-state index contributed by atoms with van der Waals surface area (Å²) >= 11 is 6.86. The molecular weight excluding hydrogens is 521 g/mol. The van der Waals surface area contributed by atoms with Gasteiger partial charge in [-0.2, -0.15) is 13.2 Å². The zero-order chi connectivity index (χ0) is 26.8. The van der Waals surface area contributed by atoms with E-state index < -0.39 is 35.4 Å². The Morgan fingerprint density at radius 1 is 1.11 bits per heavy atom. The molecule has 2 aromatic carbocycles. The van der Waals surface area contributed by atoms with E-state index in [0.717, 1.165) is 30.0 Å². The van der Waals surface area contributed by atoms with Gasteiger partial charge in [0.25, 0.3) is 5.56 Å². The van der Waals surface area contributed by atoms with Crippen molar-refractivity contribution in [2.45, 2.75) is 37.1 Å². The number of amides is 1. The molecule has 0 saturated heterocycles. The number of carbonyl (C=O) groups is 1. The molecule has 0 aliphatic rings. The number of aromatic amines is 1. The zero-order valence-electron chi connectivity index (χ0n) is 19.3. The van der Waals surface area contributed by atoms with Crippen LogP contribution in [0.5, 0.6) is 5.75 Å². The number of aromatic hydroxyl groups is 1. The van der Waals surface area contributed by atoms with Gasteiger partial charge < -0.3 is 25.2 Å². The SMILES string of the molecule is CC(O)CN(CC(C)O)C(=O)CSc1c(-c2cc(Cl)ccc2O)c2cc(C(F)(F)F)ccc2[nH]c1=O. The molecular formula is C24H24ClF3N2O5S. The lowest BCUT2D eigenvalue weighted by molar-refractivity contribution is -0.137. The number of rotatable bonds is 8. The number of aliphatic hydroxyl groups excluding tert-OH is 2. The number of H-pyrrole nitrogens is 1. The molecule has 0 spiro atoms. The van der Waals surface area contributed by atoms with Gasteiger partial charge in [-0.15, -0.1) is 11.8 Å². The van der Waals surface area contributed by atoms with Gasteiger partial charge in [-0.3, -0.25) is 9.59 Å². The standard InChI is InChI=1S/C24H24ClF3N2O5S/c1-12(31)9-30(10-13(2)32)20(34)11-36-22-21(17-8-15(25)4-6-19(17)33)16-7-14(24(26,27)28)3-5-18(16)29-23(22)35/h3-8,12-13,31-33H,9-11H2,1-2H3,(H,29,35). The molecule has 0 saturated carbocycles. The first kappa shape index (κ1) is 27.9. The highest BCUT2D eigenvalue weighted by atomic mass is 35.5. The predicted octanol–water partition coefficient (Wildman–Crippen LogP) is 4.26. The van der Waals surface area contributed by atoms with Crippen LogP contribution in [0.2, 0.25) is 5.02 Å². The van der Waals surface area contributed by atoms with Gasteiger partial charge >= 0.3 is 6.18 Å². The molecule has 3 rings (SSSR count). The molecule has 7 nitrogen and oxygen atoms in total. The third-order valence-electron chi connectivity index (χ3n) is 5.19. The van der Waals surface area contributed by atoms with E-state index in [2.05, 4.69) is 4.98 Å². The van der Waals surface area contributed by atoms with Crippen molar-refractivity contribution in [3.05, 3.63) is 57.3 Å². The zero-order valence-corrected chi connectivity index (χ0v) is 20.8. The number of benzene rings is 2. The number of phenolic OH excluding ortho intramolecular Hbond substituents is 1. The first-order chi connectivity index (χ1) is 16.8. The fraction of sp³-hybridized carbons (Fsp3) is 0.333. The van der Waals surface area contributed by atoms with Crippen LogP contribution in [-0.4, -0.2) is 62.2 Å². The van der Waals surface area contributed by atoms with Crippen molar-refractivity contribution >= 4 is 40.2 Å². The van der Waals surface area contributed by atoms with Gasteiger partial charge in [0.05, 0.1) is 28.4 Å². The number of hydrogen-bond donors (Lipinski definition) is 4. The summed E-state index contributed by atoms with van der Waals surface area (Å²) in [6, 6.07) is 6.78. The summed E-state index contributed by atoms with van der Waals surface area (Å²) in [5, 5.41) is 30.1. The smallest absolute Gasteiger partial charge is 0.416 e. The summed E-state index contributed by atoms with van der Waals surface area (Å²) in [7, 11) is 0. The first-order valence-electron chi connectivity index (χ1n) is 10.8. The van der Waals surface area contributed by atoms with Gasteiger partial charge in [0.15, 0.2) is 0 Å². The van der Waals surface area contributed by atoms with E-state index in [0.29, 0.717) is 0 Å². The molecule has 0 aliphatic heterocycles. The first-order valence-corrected chi connectivity index (χ1v) is 12.2. The molecule has 0 aliphatic carbocycles. The Balaban J connectivity index is 2.17. The molecule has 1 heterocycles. The Labute approximate surface area is 213 Å². The second-order valence-corrected chi connectivity index (χ2v) is 9.79. The quantitative estimate of drug-likeness (QED) is 0.315. The number of hydrogen-bond acceptors (Lipinski definition) is 6. The van der Waals surface area contributed by atoms with Gasteiger partial charge in [0.1, 0.15) is 5.75 Å². The van der Waals surface area contributed by atoms with Gasteiger partial charge in [-0.1, -0.05) is 11.6 Å². The van der Waals surface area contributed by atoms with Crippen LogP contribution in [0.4, 0.5) is 13.2 Å². The number of phenols is 1. The summed E-state index contributed by atoms with van der Waals surface area (Å²) in [4.78, 5) is 29.6. The second-order valence-electron chi connectivity index (χ2n) is 8.36. The lowest BCUT2D eigenvalue weighted by Gasteiger charge is -2.25. The number of aromatic nitrogens is 1. The third kappa shape index (κ3) is 6.52. The number of halogens is 4. The van der Waals surface area contributed by atoms with Gasteiger partial charge in [-0.25, -0.2) is 0 Å². The van der Waals surface area contributed by atoms with Gasteiger partial charge in [0, 0.05) is 40.1 Å². The van der Waals surface area contributed by atoms with Crippen LogP contribution in [0.15, 0.2) is 46.1 Å². The minimum Gasteiger partial charge on any atom is -0.507 e. The molecule has 4 N–H and O–H groups in total. The van der Waals surface area contributed by atoms with Crippen LogP contribution in [0.1, 0.15) is 19.4 Å². The summed E-state index contributed by atoms with van der Waals surface area (Å²) in [6.07, 6.45) is -6.41. The lowest BCUT2D eigenvalue weighted by atomic mass is 9.98. The van der Waals surface area contributed by atoms with Crippen LogP contribution < -0.4 is 5.56 Å². The van der Waals surface area contributed by atoms with Gasteiger partial charge in [0.2, 0.25) is 5.91 Å². The molecule has 1 aromatic heterocycles. The van der Waals surface area contributed by atoms with E-state index in [4.69, 9.17) is 11.6 Å². The van der Waals surface area contributed by atoms with Crippen LogP contribution in [0, 0.1) is 0 Å². The van der Waals surface area contributed by atoms with Crippen molar-refractivity contribution in [3.8, 4) is 16.9 Å². The molecule has 1 amide bonds. The topological polar surface area (TPSA) is 114 Å². The number of thioether (sulfide) groups is 1. The summed E-state index contributed by atoms with van der Waals surface area (Å²) < 4.78 is 40.5. The van der Waals surface area contributed by atoms with E-state index in [9.17, 15) is 38.1 Å². The maximum absolute atomic E-state index is 13.5. The monoisotopic (exact) mass is 544 g/mol. The highest BCUT2D eigenvalue weighted by Gasteiger charge is 2.31. The van der Waals surface area contributed by atoms with Crippen LogP contribution in [-0.2, 0) is 11.0 Å². The van der Waals surface area contributed by atoms with Crippen LogP contribution in [0.25, 0.3) is 22.0 Å². The van der Waals surface area contributed by atoms with Crippen LogP contribution >= 0.6 is 23.4 Å². The minimum atomic E-state index is -4.66. The van der Waals surface area contributed by atoms with Crippen molar-refractivity contribution in [1.29, 1.82) is 0 Å². The fourth-order valence-corrected chi connectivity index (χ4v) is 4.88. The molecule has 0 bridgehead atoms. The Morgan fingerprint density at radius 3 is 2.33 bits per heavy atom. The predicted molar refractivity (Wildman–Crippen MR) is 132 cm³/mol. The van der Waals surface area contributed by atoms with E-state index in [1.807, 2.05) is 0 Å². The molecule has 36 heavy (non-hydrogen) atoms. The number of aliphatic hydroxyl groups is 2. The van der Waals surface area contributed by atoms with E-state index >= 15 is 0 Å².